The highest BCUT2D eigenvalue weighted by molar-refractivity contribution is 9.10. The Labute approximate surface area is 108 Å². The molecule has 17 heavy (non-hydrogen) atoms. The van der Waals surface area contributed by atoms with Gasteiger partial charge in [0.2, 0.25) is 5.91 Å². The topological polar surface area (TPSA) is 55.1 Å². The maximum Gasteiger partial charge on any atom is 0.415 e. The Morgan fingerprint density at radius 2 is 2.18 bits per heavy atom. The van der Waals surface area contributed by atoms with Gasteiger partial charge < -0.3 is 11.1 Å². The minimum Gasteiger partial charge on any atom is -0.349 e. The molecule has 1 unspecified atom stereocenters. The molecule has 0 radical (unpaired) electrons. The van der Waals surface area contributed by atoms with Crippen molar-refractivity contribution >= 4 is 33.2 Å². The highest BCUT2D eigenvalue weighted by Gasteiger charge is 2.53. The van der Waals surface area contributed by atoms with E-state index in [0.29, 0.717) is 6.92 Å². The number of nitrogens with two attached hydrogens (primary N) is 1. The Hall–Kier alpha value is -0.600. The SMILES string of the molecule is CC(N)(C(=O)NCc1cc(Br)cs1)C(F)(F)F. The summed E-state index contributed by atoms with van der Waals surface area (Å²) in [4.78, 5) is 12.1. The van der Waals surface area contributed by atoms with Crippen LogP contribution in [0.4, 0.5) is 13.2 Å². The smallest absolute Gasteiger partial charge is 0.349 e. The summed E-state index contributed by atoms with van der Waals surface area (Å²) in [6.07, 6.45) is -4.77. The fraction of sp³-hybridized carbons (Fsp3) is 0.444. The number of carbonyl (C=O) groups excluding carboxylic acids is 1. The highest BCUT2D eigenvalue weighted by atomic mass is 79.9. The molecule has 0 fully saturated rings. The molecule has 1 rings (SSSR count). The lowest BCUT2D eigenvalue weighted by atomic mass is 10.0. The molecular formula is C9H10BrF3N2OS. The molecule has 0 aliphatic heterocycles. The second-order valence-corrected chi connectivity index (χ2v) is 5.53. The van der Waals surface area contributed by atoms with Crippen LogP contribution in [-0.4, -0.2) is 17.6 Å². The third-order valence-electron chi connectivity index (χ3n) is 2.11. The molecule has 3 N–H and O–H groups in total. The standard InChI is InChI=1S/C9H10BrF3N2OS/c1-8(14,9(11,12)13)7(16)15-3-6-2-5(10)4-17-6/h2,4H,3,14H2,1H3,(H,15,16). The third-order valence-corrected chi connectivity index (χ3v) is 3.80. The number of halogens is 4. The molecule has 1 aromatic rings. The number of thiophene rings is 1. The quantitative estimate of drug-likeness (QED) is 0.894. The van der Waals surface area contributed by atoms with Crippen LogP contribution in [0.3, 0.4) is 0 Å². The molecule has 0 saturated carbocycles. The fourth-order valence-corrected chi connectivity index (χ4v) is 2.32. The first-order chi connectivity index (χ1) is 7.64. The van der Waals surface area contributed by atoms with Crippen molar-refractivity contribution in [2.75, 3.05) is 0 Å². The van der Waals surface area contributed by atoms with Crippen molar-refractivity contribution in [3.63, 3.8) is 0 Å². The van der Waals surface area contributed by atoms with Gasteiger partial charge in [-0.2, -0.15) is 13.2 Å². The van der Waals surface area contributed by atoms with Crippen molar-refractivity contribution in [1.82, 2.24) is 5.32 Å². The van der Waals surface area contributed by atoms with Gasteiger partial charge >= 0.3 is 6.18 Å². The summed E-state index contributed by atoms with van der Waals surface area (Å²) in [5, 5.41) is 3.94. The molecule has 0 saturated heterocycles. The first-order valence-electron chi connectivity index (χ1n) is 4.51. The zero-order valence-corrected chi connectivity index (χ0v) is 11.2. The van der Waals surface area contributed by atoms with Gasteiger partial charge in [0.05, 0.1) is 6.54 Å². The van der Waals surface area contributed by atoms with Crippen LogP contribution in [0, 0.1) is 0 Å². The molecular weight excluding hydrogens is 321 g/mol. The summed E-state index contributed by atoms with van der Waals surface area (Å²) in [6, 6.07) is 1.71. The van der Waals surface area contributed by atoms with Gasteiger partial charge in [-0.1, -0.05) is 0 Å². The molecule has 0 aliphatic rings. The van der Waals surface area contributed by atoms with Crippen molar-refractivity contribution in [2.24, 2.45) is 5.73 Å². The van der Waals surface area contributed by atoms with E-state index >= 15 is 0 Å². The van der Waals surface area contributed by atoms with Gasteiger partial charge in [0.1, 0.15) is 0 Å². The van der Waals surface area contributed by atoms with E-state index in [4.69, 9.17) is 5.73 Å². The maximum atomic E-state index is 12.4. The first kappa shape index (κ1) is 14.5. The molecule has 1 atom stereocenters. The zero-order chi connectivity index (χ0) is 13.3. The predicted octanol–water partition coefficient (Wildman–Crippen LogP) is 2.41. The van der Waals surface area contributed by atoms with E-state index in [1.54, 1.807) is 11.4 Å². The van der Waals surface area contributed by atoms with Gasteiger partial charge in [0, 0.05) is 14.7 Å². The molecule has 1 amide bonds. The molecule has 3 nitrogen and oxygen atoms in total. The van der Waals surface area contributed by atoms with Crippen LogP contribution in [0.15, 0.2) is 15.9 Å². The summed E-state index contributed by atoms with van der Waals surface area (Å²) < 4.78 is 38.1. The lowest BCUT2D eigenvalue weighted by Gasteiger charge is -2.25. The first-order valence-corrected chi connectivity index (χ1v) is 6.18. The van der Waals surface area contributed by atoms with Crippen molar-refractivity contribution in [2.45, 2.75) is 25.2 Å². The van der Waals surface area contributed by atoms with E-state index in [0.717, 1.165) is 9.35 Å². The lowest BCUT2D eigenvalue weighted by molar-refractivity contribution is -0.187. The average Bonchev–Trinajstić information content (AvgIpc) is 2.58. The van der Waals surface area contributed by atoms with E-state index in [-0.39, 0.29) is 6.54 Å². The fourth-order valence-electron chi connectivity index (χ4n) is 0.926. The Balaban J connectivity index is 2.61. The second kappa shape index (κ2) is 4.95. The Morgan fingerprint density at radius 3 is 2.59 bits per heavy atom. The van der Waals surface area contributed by atoms with Crippen LogP contribution in [0.5, 0.6) is 0 Å². The monoisotopic (exact) mass is 330 g/mol. The molecule has 1 aromatic heterocycles. The molecule has 8 heteroatoms. The van der Waals surface area contributed by atoms with Gasteiger partial charge in [0.25, 0.3) is 0 Å². The van der Waals surface area contributed by atoms with Gasteiger partial charge in [-0.25, -0.2) is 0 Å². The number of nitrogens with one attached hydrogen (secondary N) is 1. The van der Waals surface area contributed by atoms with Crippen LogP contribution < -0.4 is 11.1 Å². The molecule has 96 valence electrons. The maximum absolute atomic E-state index is 12.4. The lowest BCUT2D eigenvalue weighted by Crippen LogP contribution is -2.61. The third kappa shape index (κ3) is 3.43. The van der Waals surface area contributed by atoms with Gasteiger partial charge in [-0.05, 0) is 28.9 Å². The van der Waals surface area contributed by atoms with E-state index < -0.39 is 17.6 Å². The number of carbonyl (C=O) groups is 1. The van der Waals surface area contributed by atoms with Gasteiger partial charge in [0.15, 0.2) is 5.54 Å². The number of alkyl halides is 3. The molecule has 0 spiro atoms. The summed E-state index contributed by atoms with van der Waals surface area (Å²) in [5.74, 6) is -1.24. The van der Waals surface area contributed by atoms with Crippen molar-refractivity contribution < 1.29 is 18.0 Å². The minimum atomic E-state index is -4.77. The predicted molar refractivity (Wildman–Crippen MR) is 62.5 cm³/mol. The van der Waals surface area contributed by atoms with E-state index in [1.165, 1.54) is 11.3 Å². The van der Waals surface area contributed by atoms with Crippen LogP contribution in [0.1, 0.15) is 11.8 Å². The van der Waals surface area contributed by atoms with E-state index in [9.17, 15) is 18.0 Å². The molecule has 0 aliphatic carbocycles. The average molecular weight is 331 g/mol. The van der Waals surface area contributed by atoms with Crippen LogP contribution in [-0.2, 0) is 11.3 Å². The second-order valence-electron chi connectivity index (χ2n) is 3.61. The number of hydrogen-bond acceptors (Lipinski definition) is 3. The normalized spacial score (nSPS) is 15.4. The molecule has 0 bridgehead atoms. The molecule has 1 heterocycles. The Kier molecular flexibility index (Phi) is 4.21. The van der Waals surface area contributed by atoms with Gasteiger partial charge in [-0.3, -0.25) is 4.79 Å². The zero-order valence-electron chi connectivity index (χ0n) is 8.77. The van der Waals surface area contributed by atoms with Crippen molar-refractivity contribution in [3.8, 4) is 0 Å². The highest BCUT2D eigenvalue weighted by Crippen LogP contribution is 2.28. The van der Waals surface area contributed by atoms with E-state index in [1.807, 2.05) is 0 Å². The number of hydrogen-bond donors (Lipinski definition) is 2. The summed E-state index contributed by atoms with van der Waals surface area (Å²) in [5.41, 5.74) is 2.09. The minimum absolute atomic E-state index is 0.0258. The van der Waals surface area contributed by atoms with Crippen LogP contribution in [0.2, 0.25) is 0 Å². The Morgan fingerprint density at radius 1 is 1.59 bits per heavy atom. The van der Waals surface area contributed by atoms with Crippen LogP contribution >= 0.6 is 27.3 Å². The van der Waals surface area contributed by atoms with Gasteiger partial charge in [-0.15, -0.1) is 11.3 Å². The summed E-state index contributed by atoms with van der Waals surface area (Å²) >= 11 is 4.53. The molecule has 0 aromatic carbocycles. The number of rotatable bonds is 3. The van der Waals surface area contributed by atoms with E-state index in [2.05, 4.69) is 21.2 Å². The van der Waals surface area contributed by atoms with Crippen molar-refractivity contribution in [3.05, 3.63) is 20.8 Å². The largest absolute Gasteiger partial charge is 0.415 e. The summed E-state index contributed by atoms with van der Waals surface area (Å²) in [7, 11) is 0. The number of amides is 1. The Bertz CT molecular complexity index is 417. The van der Waals surface area contributed by atoms with Crippen molar-refractivity contribution in [1.29, 1.82) is 0 Å². The van der Waals surface area contributed by atoms with Crippen LogP contribution in [0.25, 0.3) is 0 Å². The summed E-state index contributed by atoms with van der Waals surface area (Å²) in [6.45, 7) is 0.671.